The topological polar surface area (TPSA) is 401 Å². The number of carbonyl (C=O) groups is 8. The number of piperazine rings is 1. The average molecular weight is 1570 g/mol. The van der Waals surface area contributed by atoms with Crippen LogP contribution in [0.4, 0.5) is 64.2 Å². The van der Waals surface area contributed by atoms with Crippen molar-refractivity contribution in [1.82, 2.24) is 51.0 Å². The standard InChI is InChI=1S/C67H74F10N11O20P/c1-63(2,51-42(57(94)95)20-38(56(92)93)23-48(51)108-109(99,100)101)24-50(89)105-33-106-62(98)107-49(30-86(84-55(91)53(82-61(97)103-8)65(5,6)67(75,76)77)29-43-44(68)21-37(22-45(43)69)46-17-18-87(83-46)58(70)71)47(80-54(90)52(81-60(96)102-7)64(3,4)66(72,73)74)19-35-12-9-34(10-13-35)11-14-36-25-78-59(79-26-36)85-27-39-15-16-40(28-85)88(39)41-31-104-32-41/h9-10,12-13,17-18,20-23,25-26,39-41,47,49,52-53,58H,15-16,19,24,27-33H2,1-8H3,(H,80,90)(H,81,96)(H,82,97)(H,84,91)(H,92,93)(H,94,95)(H2,99,100,101)/t39?,40?,47-,49-,52+,53+/m0/s1. The maximum Gasteiger partial charge on any atom is 0.524 e. The van der Waals surface area contributed by atoms with Gasteiger partial charge in [0.1, 0.15) is 35.6 Å². The van der Waals surface area contributed by atoms with Gasteiger partial charge in [0.2, 0.25) is 18.6 Å². The largest absolute Gasteiger partial charge is 0.524 e. The number of benzene rings is 3. The molecule has 0 aliphatic carbocycles. The number of carboxylic acids is 2. The van der Waals surface area contributed by atoms with Gasteiger partial charge < -0.3 is 64.0 Å². The number of methoxy groups -OCH3 is 2. The van der Waals surface area contributed by atoms with Crippen molar-refractivity contribution in [3.63, 3.8) is 0 Å². The molecule has 31 nitrogen and oxygen atoms in total. The summed E-state index contributed by atoms with van der Waals surface area (Å²) in [5, 5.41) is 29.4. The Morgan fingerprint density at radius 2 is 1.29 bits per heavy atom. The molecule has 42 heteroatoms. The Balaban J connectivity index is 1.20. The lowest BCUT2D eigenvalue weighted by atomic mass is 9.78. The van der Waals surface area contributed by atoms with E-state index in [1.165, 1.54) is 36.7 Å². The molecule has 0 radical (unpaired) electrons. The van der Waals surface area contributed by atoms with Gasteiger partial charge in [-0.2, -0.15) is 40.2 Å². The first-order valence-electron chi connectivity index (χ1n) is 32.7. The van der Waals surface area contributed by atoms with Crippen molar-refractivity contribution in [3.05, 3.63) is 124 Å². The van der Waals surface area contributed by atoms with Gasteiger partial charge in [-0.1, -0.05) is 37.8 Å². The third kappa shape index (κ3) is 20.9. The number of esters is 1. The minimum atomic E-state index is -5.64. The summed E-state index contributed by atoms with van der Waals surface area (Å²) >= 11 is 0. The van der Waals surface area contributed by atoms with E-state index in [0.29, 0.717) is 120 Å². The molecule has 8 rings (SSSR count). The molecular weight excluding hydrogens is 1500 g/mol. The maximum absolute atomic E-state index is 16.7. The molecule has 0 spiro atoms. The number of amides is 4. The zero-order valence-corrected chi connectivity index (χ0v) is 59.9. The zero-order valence-electron chi connectivity index (χ0n) is 59.0. The Labute approximate surface area is 613 Å². The average Bonchev–Trinajstić information content (AvgIpc) is 1.67. The van der Waals surface area contributed by atoms with Crippen LogP contribution >= 0.6 is 7.82 Å². The van der Waals surface area contributed by atoms with Gasteiger partial charge in [0.15, 0.2) is 0 Å². The second-order valence-corrected chi connectivity index (χ2v) is 28.3. The summed E-state index contributed by atoms with van der Waals surface area (Å²) in [4.78, 5) is 141. The molecule has 2 bridgehead atoms. The van der Waals surface area contributed by atoms with Crippen LogP contribution in [0, 0.1) is 34.3 Å². The summed E-state index contributed by atoms with van der Waals surface area (Å²) in [5.41, 5.74) is -10.5. The molecule has 8 N–H and O–H groups in total. The Hall–Kier alpha value is -10.4. The number of phosphoric ester groups is 1. The van der Waals surface area contributed by atoms with Gasteiger partial charge in [0.25, 0.3) is 5.91 Å². The first-order chi connectivity index (χ1) is 50.8. The number of aromatic nitrogens is 4. The number of rotatable bonds is 29. The number of carboxylic acid groups (broad SMARTS) is 2. The molecule has 3 aliphatic rings. The van der Waals surface area contributed by atoms with Crippen molar-refractivity contribution in [2.75, 3.05) is 58.8 Å². The number of carbonyl (C=O) groups excluding carboxylic acids is 6. The molecule has 5 heterocycles. The van der Waals surface area contributed by atoms with Crippen LogP contribution in [-0.4, -0.2) is 206 Å². The Morgan fingerprint density at radius 3 is 1.79 bits per heavy atom. The molecule has 5 aromatic rings. The quantitative estimate of drug-likeness (QED) is 0.00428. The van der Waals surface area contributed by atoms with Gasteiger partial charge in [-0.3, -0.25) is 34.5 Å². The number of hydrazine groups is 1. The van der Waals surface area contributed by atoms with Gasteiger partial charge >= 0.3 is 63.0 Å². The predicted molar refractivity (Wildman–Crippen MR) is 354 cm³/mol. The zero-order chi connectivity index (χ0) is 80.6. The SMILES string of the molecule is COC(=O)N[C@H](C(=O)N[C@@H](Cc1ccc(C#Cc2cnc(N3CC4CCC(C3)N4C3COC3)nc2)cc1)[C@H](CN(Cc1c(F)cc(-c2ccn(C(F)F)n2)cc1F)NC(=O)[C@@H](NC(=O)OC)C(C)(C)C(F)(F)F)OC(=O)OCOC(=O)CC(C)(C)c1c(OP(=O)(O)O)cc(C(=O)O)cc1C(=O)O)C(C)(C)C(F)(F)F. The van der Waals surface area contributed by atoms with Crippen LogP contribution in [0.3, 0.4) is 0 Å². The number of hydrogen-bond donors (Lipinski definition) is 8. The highest BCUT2D eigenvalue weighted by atomic mass is 31.2. The molecule has 0 saturated carbocycles. The van der Waals surface area contributed by atoms with Crippen LogP contribution < -0.4 is 30.8 Å². The molecule has 3 fully saturated rings. The van der Waals surface area contributed by atoms with E-state index < -0.39 is 199 Å². The van der Waals surface area contributed by atoms with Crippen molar-refractivity contribution in [3.8, 4) is 28.8 Å². The summed E-state index contributed by atoms with van der Waals surface area (Å²) in [6.07, 6.45) is -14.7. The highest BCUT2D eigenvalue weighted by Crippen LogP contribution is 2.47. The number of hydrogen-bond acceptors (Lipinski definition) is 22. The number of nitrogens with one attached hydrogen (secondary N) is 4. The number of fused-ring (bicyclic) bond motifs is 2. The summed E-state index contributed by atoms with van der Waals surface area (Å²) in [6, 6.07) is 1.82. The normalized spacial score (nSPS) is 16.8. The van der Waals surface area contributed by atoms with Crippen LogP contribution in [0.25, 0.3) is 11.3 Å². The molecule has 592 valence electrons. The number of nitrogens with zero attached hydrogens (tertiary/aromatic N) is 7. The molecule has 2 aromatic heterocycles. The fourth-order valence-corrected chi connectivity index (χ4v) is 12.7. The summed E-state index contributed by atoms with van der Waals surface area (Å²) < 4.78 is 198. The summed E-state index contributed by atoms with van der Waals surface area (Å²) in [5.74, 6) is -6.73. The first kappa shape index (κ1) is 84.2. The minimum Gasteiger partial charge on any atom is -0.478 e. The molecule has 3 aliphatic heterocycles. The molecular formula is C67H74F10N11O20P. The van der Waals surface area contributed by atoms with Crippen LogP contribution in [0.2, 0.25) is 0 Å². The summed E-state index contributed by atoms with van der Waals surface area (Å²) in [7, 11) is -4.22. The molecule has 6 atom stereocenters. The van der Waals surface area contributed by atoms with E-state index in [9.17, 15) is 84.9 Å². The Bertz CT molecular complexity index is 4280. The van der Waals surface area contributed by atoms with Crippen molar-refractivity contribution < 1.29 is 140 Å². The van der Waals surface area contributed by atoms with Crippen LogP contribution in [0.5, 0.6) is 5.75 Å². The number of anilines is 1. The first-order valence-corrected chi connectivity index (χ1v) is 34.3. The van der Waals surface area contributed by atoms with E-state index in [2.05, 4.69) is 56.0 Å². The number of alkyl halides is 8. The van der Waals surface area contributed by atoms with E-state index in [1.54, 1.807) is 10.6 Å². The van der Waals surface area contributed by atoms with Gasteiger partial charge in [-0.05, 0) is 95.0 Å². The van der Waals surface area contributed by atoms with E-state index >= 15 is 22.0 Å². The van der Waals surface area contributed by atoms with Crippen LogP contribution in [-0.2, 0) is 65.8 Å². The van der Waals surface area contributed by atoms with Gasteiger partial charge in [-0.25, -0.2) is 57.0 Å². The molecule has 3 saturated heterocycles. The number of phosphoric acid groups is 1. The highest BCUT2D eigenvalue weighted by molar-refractivity contribution is 7.46. The maximum atomic E-state index is 16.7. The smallest absolute Gasteiger partial charge is 0.478 e. The van der Waals surface area contributed by atoms with E-state index in [4.69, 9.17) is 18.9 Å². The summed E-state index contributed by atoms with van der Waals surface area (Å²) in [6.45, 7) is -0.936. The molecule has 109 heavy (non-hydrogen) atoms. The third-order valence-electron chi connectivity index (χ3n) is 18.3. The lowest BCUT2D eigenvalue weighted by Gasteiger charge is -2.47. The van der Waals surface area contributed by atoms with E-state index in [0.717, 1.165) is 46.1 Å². The number of alkyl carbamates (subject to hydrolysis) is 2. The highest BCUT2D eigenvalue weighted by Gasteiger charge is 2.58. The van der Waals surface area contributed by atoms with Crippen molar-refractivity contribution in [2.24, 2.45) is 10.8 Å². The lowest BCUT2D eigenvalue weighted by molar-refractivity contribution is -0.221. The monoisotopic (exact) mass is 1570 g/mol. The molecule has 3 aromatic carbocycles. The second kappa shape index (κ2) is 34.0. The predicted octanol–water partition coefficient (Wildman–Crippen LogP) is 7.91. The second-order valence-electron chi connectivity index (χ2n) is 27.1. The van der Waals surface area contributed by atoms with Crippen LogP contribution in [0.15, 0.2) is 73.2 Å². The number of halogens is 10. The molecule has 4 amide bonds. The van der Waals surface area contributed by atoms with Crippen LogP contribution in [0.1, 0.15) is 116 Å². The fourth-order valence-electron chi connectivity index (χ4n) is 12.3. The van der Waals surface area contributed by atoms with E-state index in [1.807, 2.05) is 5.43 Å². The van der Waals surface area contributed by atoms with Crippen molar-refractivity contribution in [2.45, 2.75) is 140 Å². The van der Waals surface area contributed by atoms with Gasteiger partial charge in [-0.15, -0.1) is 0 Å². The van der Waals surface area contributed by atoms with Gasteiger partial charge in [0, 0.05) is 78.0 Å². The lowest BCUT2D eigenvalue weighted by Crippen LogP contribution is -2.64. The molecule has 2 unspecified atom stereocenters. The number of aromatic carboxylic acids is 2. The van der Waals surface area contributed by atoms with Crippen molar-refractivity contribution in [1.29, 1.82) is 0 Å². The fraction of sp³-hybridized carbons (Fsp3) is 0.478. The Morgan fingerprint density at radius 1 is 0.734 bits per heavy atom. The van der Waals surface area contributed by atoms with Crippen molar-refractivity contribution >= 4 is 61.8 Å². The van der Waals surface area contributed by atoms with Gasteiger partial charge in [0.05, 0.1) is 85.7 Å². The number of ether oxygens (including phenoxy) is 6. The third-order valence-corrected chi connectivity index (χ3v) is 18.8. The Kier molecular flexibility index (Phi) is 26.3. The van der Waals surface area contributed by atoms with E-state index in [-0.39, 0.29) is 15.8 Å². The minimum absolute atomic E-state index is 0.0262.